The molecule has 1 fully saturated rings. The topological polar surface area (TPSA) is 144 Å². The van der Waals surface area contributed by atoms with Gasteiger partial charge in [0, 0.05) is 12.1 Å². The van der Waals surface area contributed by atoms with Crippen LogP contribution in [-0.2, 0) is 9.59 Å². The quantitative estimate of drug-likeness (QED) is 0.458. The van der Waals surface area contributed by atoms with Crippen LogP contribution in [0.2, 0.25) is 0 Å². The van der Waals surface area contributed by atoms with Crippen molar-refractivity contribution in [2.24, 2.45) is 0 Å². The third-order valence-electron chi connectivity index (χ3n) is 2.59. The molecule has 0 saturated carbocycles. The van der Waals surface area contributed by atoms with Crippen molar-refractivity contribution in [2.45, 2.75) is 0 Å². The highest BCUT2D eigenvalue weighted by Crippen LogP contribution is 2.24. The van der Waals surface area contributed by atoms with Gasteiger partial charge in [0.2, 0.25) is 5.91 Å². The summed E-state index contributed by atoms with van der Waals surface area (Å²) >= 11 is 0. The van der Waals surface area contributed by atoms with Crippen LogP contribution in [-0.4, -0.2) is 28.2 Å². The minimum absolute atomic E-state index is 0.0586. The summed E-state index contributed by atoms with van der Waals surface area (Å²) in [5.74, 6) is -1.04. The van der Waals surface area contributed by atoms with Gasteiger partial charge in [0.1, 0.15) is 5.70 Å². The normalized spacial score (nSPS) is 16.3. The fraction of sp³-hybridized carbons (Fsp3) is 0.0909. The number of benzene rings is 1. The molecule has 1 heterocycles. The van der Waals surface area contributed by atoms with E-state index in [0.717, 1.165) is 24.3 Å². The zero-order chi connectivity index (χ0) is 15.6. The second-order valence-corrected chi connectivity index (χ2v) is 4.09. The van der Waals surface area contributed by atoms with E-state index in [1.54, 1.807) is 0 Å². The molecule has 1 saturated heterocycles. The summed E-state index contributed by atoms with van der Waals surface area (Å²) in [7, 11) is 0. The van der Waals surface area contributed by atoms with Crippen LogP contribution < -0.4 is 10.6 Å². The Balaban J connectivity index is 2.47. The molecule has 0 aliphatic carbocycles. The maximum Gasteiger partial charge on any atom is 0.276 e. The lowest BCUT2D eigenvalue weighted by atomic mass is 10.1. The highest BCUT2D eigenvalue weighted by molar-refractivity contribution is 6.06. The van der Waals surface area contributed by atoms with Crippen molar-refractivity contribution in [2.75, 3.05) is 6.54 Å². The summed E-state index contributed by atoms with van der Waals surface area (Å²) in [5, 5.41) is 26.1. The Morgan fingerprint density at radius 3 is 2.14 bits per heavy atom. The number of nitrogens with one attached hydrogen (secondary N) is 2. The first-order valence-corrected chi connectivity index (χ1v) is 5.60. The molecule has 2 amide bonds. The van der Waals surface area contributed by atoms with Gasteiger partial charge in [-0.1, -0.05) is 0 Å². The first-order chi connectivity index (χ1) is 9.86. The fourth-order valence-corrected chi connectivity index (χ4v) is 1.69. The predicted molar refractivity (Wildman–Crippen MR) is 68.9 cm³/mol. The van der Waals surface area contributed by atoms with Crippen LogP contribution >= 0.6 is 0 Å². The maximum atomic E-state index is 11.5. The van der Waals surface area contributed by atoms with Crippen molar-refractivity contribution in [1.82, 2.24) is 10.6 Å². The number of hydrogen-bond acceptors (Lipinski definition) is 6. The molecule has 10 nitrogen and oxygen atoms in total. The van der Waals surface area contributed by atoms with Crippen LogP contribution in [0, 0.1) is 20.2 Å². The van der Waals surface area contributed by atoms with Crippen molar-refractivity contribution in [3.8, 4) is 0 Å². The van der Waals surface area contributed by atoms with Crippen LogP contribution in [0.5, 0.6) is 0 Å². The lowest BCUT2D eigenvalue weighted by Gasteiger charge is -2.15. The largest absolute Gasteiger partial charge is 0.342 e. The number of carbonyl (C=O) groups is 2. The Hall–Kier alpha value is -3.30. The van der Waals surface area contributed by atoms with Gasteiger partial charge in [0.05, 0.1) is 22.5 Å². The molecular formula is C11H8N4O6. The van der Waals surface area contributed by atoms with Crippen molar-refractivity contribution < 1.29 is 19.4 Å². The van der Waals surface area contributed by atoms with E-state index >= 15 is 0 Å². The number of nitro benzene ring substituents is 2. The summed E-state index contributed by atoms with van der Waals surface area (Å²) < 4.78 is 0. The van der Waals surface area contributed by atoms with E-state index < -0.39 is 33.0 Å². The number of rotatable bonds is 3. The smallest absolute Gasteiger partial charge is 0.276 e. The van der Waals surface area contributed by atoms with E-state index in [-0.39, 0.29) is 17.8 Å². The Morgan fingerprint density at radius 2 is 1.62 bits per heavy atom. The van der Waals surface area contributed by atoms with E-state index in [9.17, 15) is 29.8 Å². The minimum Gasteiger partial charge on any atom is -0.342 e. The molecule has 0 aromatic heterocycles. The molecule has 0 atom stereocenters. The van der Waals surface area contributed by atoms with E-state index in [0.29, 0.717) is 0 Å². The highest BCUT2D eigenvalue weighted by atomic mass is 16.6. The zero-order valence-corrected chi connectivity index (χ0v) is 10.4. The second kappa shape index (κ2) is 5.36. The van der Waals surface area contributed by atoms with Gasteiger partial charge in [-0.05, 0) is 11.6 Å². The minimum atomic E-state index is -0.783. The van der Waals surface area contributed by atoms with E-state index in [1.807, 2.05) is 0 Å². The Labute approximate surface area is 116 Å². The van der Waals surface area contributed by atoms with Crippen LogP contribution in [0.4, 0.5) is 11.4 Å². The number of piperazine rings is 1. The number of nitro groups is 2. The molecular weight excluding hydrogens is 284 g/mol. The molecule has 0 unspecified atom stereocenters. The van der Waals surface area contributed by atoms with Crippen molar-refractivity contribution in [3.05, 3.63) is 49.7 Å². The van der Waals surface area contributed by atoms with Gasteiger partial charge in [0.15, 0.2) is 0 Å². The molecule has 10 heteroatoms. The molecule has 21 heavy (non-hydrogen) atoms. The average Bonchev–Trinajstić information content (AvgIpc) is 2.42. The molecule has 2 rings (SSSR count). The van der Waals surface area contributed by atoms with Gasteiger partial charge in [-0.25, -0.2) is 0 Å². The molecule has 1 aromatic rings. The van der Waals surface area contributed by atoms with E-state index in [1.165, 1.54) is 0 Å². The third kappa shape index (κ3) is 3.18. The Bertz CT molecular complexity index is 664. The van der Waals surface area contributed by atoms with Gasteiger partial charge in [-0.2, -0.15) is 0 Å². The number of hydrogen-bond donors (Lipinski definition) is 2. The number of nitrogens with zero attached hydrogens (tertiary/aromatic N) is 2. The van der Waals surface area contributed by atoms with E-state index in [2.05, 4.69) is 10.6 Å². The summed E-state index contributed by atoms with van der Waals surface area (Å²) in [4.78, 5) is 42.6. The number of non-ortho nitro benzene ring substituents is 2. The van der Waals surface area contributed by atoms with Gasteiger partial charge in [0.25, 0.3) is 17.3 Å². The SMILES string of the molecule is O=C1CNC(=O)C(=Cc2cc([N+](=O)[O-])cc([N+](=O)[O-])c2)N1. The van der Waals surface area contributed by atoms with Crippen LogP contribution in [0.15, 0.2) is 23.9 Å². The monoisotopic (exact) mass is 292 g/mol. The fourth-order valence-electron chi connectivity index (χ4n) is 1.69. The molecule has 108 valence electrons. The molecule has 1 aliphatic rings. The average molecular weight is 292 g/mol. The standard InChI is InChI=1S/C11H8N4O6/c16-10-5-12-11(17)9(13-10)3-6-1-7(14(18)19)4-8(2-6)15(20)21/h1-4H,5H2,(H,12,17)(H,13,16). The summed E-state index contributed by atoms with van der Waals surface area (Å²) in [6.07, 6.45) is 1.13. The second-order valence-electron chi connectivity index (χ2n) is 4.09. The molecule has 0 bridgehead atoms. The Kier molecular flexibility index (Phi) is 3.61. The Morgan fingerprint density at radius 1 is 1.05 bits per heavy atom. The van der Waals surface area contributed by atoms with Gasteiger partial charge in [-0.3, -0.25) is 29.8 Å². The summed E-state index contributed by atoms with van der Waals surface area (Å²) in [6, 6.07) is 2.93. The number of amides is 2. The lowest BCUT2D eigenvalue weighted by Crippen LogP contribution is -2.46. The molecule has 0 spiro atoms. The predicted octanol–water partition coefficient (Wildman–Crippen LogP) is 0.0899. The lowest BCUT2D eigenvalue weighted by molar-refractivity contribution is -0.394. The zero-order valence-electron chi connectivity index (χ0n) is 10.4. The highest BCUT2D eigenvalue weighted by Gasteiger charge is 2.21. The third-order valence-corrected chi connectivity index (χ3v) is 2.59. The molecule has 0 radical (unpaired) electrons. The van der Waals surface area contributed by atoms with Crippen molar-refractivity contribution >= 4 is 29.3 Å². The van der Waals surface area contributed by atoms with Gasteiger partial charge < -0.3 is 10.6 Å². The molecule has 2 N–H and O–H groups in total. The molecule has 1 aliphatic heterocycles. The van der Waals surface area contributed by atoms with Crippen LogP contribution in [0.3, 0.4) is 0 Å². The van der Waals surface area contributed by atoms with Crippen LogP contribution in [0.1, 0.15) is 5.56 Å². The molecule has 1 aromatic carbocycles. The van der Waals surface area contributed by atoms with Crippen LogP contribution in [0.25, 0.3) is 6.08 Å². The summed E-state index contributed by atoms with van der Waals surface area (Å²) in [5.41, 5.74) is -1.05. The maximum absolute atomic E-state index is 11.5. The van der Waals surface area contributed by atoms with Crippen molar-refractivity contribution in [3.63, 3.8) is 0 Å². The number of carbonyl (C=O) groups excluding carboxylic acids is 2. The first-order valence-electron chi connectivity index (χ1n) is 5.60. The summed E-state index contributed by atoms with van der Waals surface area (Å²) in [6.45, 7) is -0.175. The van der Waals surface area contributed by atoms with E-state index in [4.69, 9.17) is 0 Å². The van der Waals surface area contributed by atoms with Crippen molar-refractivity contribution in [1.29, 1.82) is 0 Å². The van der Waals surface area contributed by atoms with Gasteiger partial charge >= 0.3 is 0 Å². The van der Waals surface area contributed by atoms with Gasteiger partial charge in [-0.15, -0.1) is 0 Å². The first kappa shape index (κ1) is 14.1.